The van der Waals surface area contributed by atoms with Gasteiger partial charge in [-0.15, -0.1) is 0 Å². The van der Waals surface area contributed by atoms with Gasteiger partial charge in [-0.1, -0.05) is 61.9 Å². The summed E-state index contributed by atoms with van der Waals surface area (Å²) in [7, 11) is 0. The smallest absolute Gasteiger partial charge is 0.428 e. The molecular weight excluding hydrogens is 336 g/mol. The van der Waals surface area contributed by atoms with Crippen LogP contribution in [0.4, 0.5) is 4.79 Å². The normalized spacial score (nSPS) is 13.2. The highest BCUT2D eigenvalue weighted by molar-refractivity contribution is 5.68. The quantitative estimate of drug-likeness (QED) is 0.426. The summed E-state index contributed by atoms with van der Waals surface area (Å²) in [4.78, 5) is 11.8. The van der Waals surface area contributed by atoms with Gasteiger partial charge in [0.1, 0.15) is 11.4 Å². The molecule has 2 aromatic rings. The Morgan fingerprint density at radius 1 is 1.04 bits per heavy atom. The van der Waals surface area contributed by atoms with Crippen LogP contribution in [-0.4, -0.2) is 11.8 Å². The van der Waals surface area contributed by atoms with Gasteiger partial charge in [-0.05, 0) is 68.9 Å². The molecule has 1 unspecified atom stereocenters. The van der Waals surface area contributed by atoms with Crippen molar-refractivity contribution in [2.75, 3.05) is 0 Å². The summed E-state index contributed by atoms with van der Waals surface area (Å²) in [5.74, 6) is 0.813. The minimum absolute atomic E-state index is 0.332. The first-order valence-corrected chi connectivity index (χ1v) is 9.46. The molecule has 3 nitrogen and oxygen atoms in total. The molecule has 27 heavy (non-hydrogen) atoms. The summed E-state index contributed by atoms with van der Waals surface area (Å²) < 4.78 is 10.4. The second-order valence-electron chi connectivity index (χ2n) is 7.84. The summed E-state index contributed by atoms with van der Waals surface area (Å²) in [6.45, 7) is 11.9. The molecule has 1 atom stereocenters. The van der Waals surface area contributed by atoms with E-state index in [0.29, 0.717) is 11.7 Å². The van der Waals surface area contributed by atoms with Gasteiger partial charge in [-0.25, -0.2) is 4.79 Å². The van der Waals surface area contributed by atoms with E-state index in [-0.39, 0.29) is 0 Å². The van der Waals surface area contributed by atoms with Crippen molar-refractivity contribution in [3.8, 4) is 5.75 Å². The molecule has 0 amide bonds. The van der Waals surface area contributed by atoms with Crippen LogP contribution in [0.5, 0.6) is 5.75 Å². The third-order valence-corrected chi connectivity index (χ3v) is 4.25. The Morgan fingerprint density at radius 2 is 1.63 bits per heavy atom. The van der Waals surface area contributed by atoms with Gasteiger partial charge in [0.25, 0.3) is 0 Å². The van der Waals surface area contributed by atoms with E-state index in [4.69, 9.17) is 9.47 Å². The van der Waals surface area contributed by atoms with Crippen LogP contribution in [0.15, 0.2) is 54.6 Å². The lowest BCUT2D eigenvalue weighted by Gasteiger charge is -2.18. The van der Waals surface area contributed by atoms with Crippen molar-refractivity contribution in [1.82, 2.24) is 0 Å². The van der Waals surface area contributed by atoms with Gasteiger partial charge in [0.15, 0.2) is 0 Å². The topological polar surface area (TPSA) is 35.5 Å². The van der Waals surface area contributed by atoms with E-state index >= 15 is 0 Å². The number of aryl methyl sites for hydroxylation is 1. The first-order chi connectivity index (χ1) is 12.7. The first-order valence-electron chi connectivity index (χ1n) is 9.46. The van der Waals surface area contributed by atoms with Crippen LogP contribution in [0, 0.1) is 6.92 Å². The molecule has 0 bridgehead atoms. The third-order valence-electron chi connectivity index (χ3n) is 4.25. The fraction of sp³-hybridized carbons (Fsp3) is 0.375. The molecule has 0 aromatic heterocycles. The van der Waals surface area contributed by atoms with E-state index in [0.717, 1.165) is 12.0 Å². The molecule has 0 aliphatic heterocycles. The molecule has 0 heterocycles. The van der Waals surface area contributed by atoms with Crippen molar-refractivity contribution in [3.63, 3.8) is 0 Å². The van der Waals surface area contributed by atoms with E-state index < -0.39 is 11.8 Å². The Bertz CT molecular complexity index is 778. The van der Waals surface area contributed by atoms with Gasteiger partial charge in [-0.3, -0.25) is 0 Å². The SMILES string of the molecule is CCC(=CC(C)c1ccc(C)cc1)c1ccc(OC(=O)OC(C)(C)C)cc1. The van der Waals surface area contributed by atoms with Crippen molar-refractivity contribution in [2.24, 2.45) is 0 Å². The van der Waals surface area contributed by atoms with Crippen LogP contribution in [0.25, 0.3) is 5.57 Å². The lowest BCUT2D eigenvalue weighted by atomic mass is 9.94. The number of rotatable bonds is 5. The zero-order chi connectivity index (χ0) is 20.0. The molecule has 2 aromatic carbocycles. The Labute approximate surface area is 163 Å². The van der Waals surface area contributed by atoms with Crippen molar-refractivity contribution < 1.29 is 14.3 Å². The number of allylic oxidation sites excluding steroid dienone is 2. The van der Waals surface area contributed by atoms with E-state index in [1.165, 1.54) is 16.7 Å². The molecule has 0 aliphatic rings. The molecule has 0 aliphatic carbocycles. The molecule has 0 radical (unpaired) electrons. The zero-order valence-electron chi connectivity index (χ0n) is 17.2. The average molecular weight is 367 g/mol. The monoisotopic (exact) mass is 366 g/mol. The molecule has 0 N–H and O–H groups in total. The van der Waals surface area contributed by atoms with Gasteiger partial charge >= 0.3 is 6.16 Å². The van der Waals surface area contributed by atoms with Gasteiger partial charge in [-0.2, -0.15) is 0 Å². The van der Waals surface area contributed by atoms with Crippen molar-refractivity contribution in [2.45, 2.75) is 59.5 Å². The van der Waals surface area contributed by atoms with Crippen molar-refractivity contribution in [3.05, 3.63) is 71.3 Å². The number of carbonyl (C=O) groups is 1. The molecule has 0 fully saturated rings. The van der Waals surface area contributed by atoms with Crippen molar-refractivity contribution in [1.29, 1.82) is 0 Å². The minimum atomic E-state index is -0.686. The summed E-state index contributed by atoms with van der Waals surface area (Å²) in [5, 5.41) is 0. The molecule has 2 rings (SSSR count). The maximum atomic E-state index is 11.8. The van der Waals surface area contributed by atoms with Crippen molar-refractivity contribution >= 4 is 11.7 Å². The standard InChI is InChI=1S/C24H30O3/c1-7-19(16-18(3)20-10-8-17(2)9-11-20)21-12-14-22(15-13-21)26-23(25)27-24(4,5)6/h8-16,18H,7H2,1-6H3. The van der Waals surface area contributed by atoms with E-state index in [1.54, 1.807) is 12.1 Å². The fourth-order valence-corrected chi connectivity index (χ4v) is 2.79. The number of carbonyl (C=O) groups excluding carboxylic acids is 1. The van der Waals surface area contributed by atoms with Gasteiger partial charge in [0.2, 0.25) is 0 Å². The van der Waals surface area contributed by atoms with Crippen LogP contribution < -0.4 is 4.74 Å². The Hall–Kier alpha value is -2.55. The Morgan fingerprint density at radius 3 is 2.15 bits per heavy atom. The average Bonchev–Trinajstić information content (AvgIpc) is 2.59. The highest BCUT2D eigenvalue weighted by Crippen LogP contribution is 2.27. The number of hydrogen-bond donors (Lipinski definition) is 0. The predicted octanol–water partition coefficient (Wildman–Crippen LogP) is 6.91. The maximum Gasteiger partial charge on any atom is 0.514 e. The lowest BCUT2D eigenvalue weighted by molar-refractivity contribution is 0.0206. The highest BCUT2D eigenvalue weighted by Gasteiger charge is 2.18. The van der Waals surface area contributed by atoms with E-state index in [9.17, 15) is 4.79 Å². The number of hydrogen-bond acceptors (Lipinski definition) is 3. The number of benzene rings is 2. The second-order valence-corrected chi connectivity index (χ2v) is 7.84. The molecular formula is C24H30O3. The minimum Gasteiger partial charge on any atom is -0.428 e. The zero-order valence-corrected chi connectivity index (χ0v) is 17.2. The van der Waals surface area contributed by atoms with Crippen LogP contribution in [0.3, 0.4) is 0 Å². The van der Waals surface area contributed by atoms with Crippen LogP contribution in [-0.2, 0) is 4.74 Å². The van der Waals surface area contributed by atoms with E-state index in [2.05, 4.69) is 51.1 Å². The summed E-state index contributed by atoms with van der Waals surface area (Å²) in [6.07, 6.45) is 2.55. The Balaban J connectivity index is 2.11. The molecule has 144 valence electrons. The van der Waals surface area contributed by atoms with Crippen LogP contribution in [0.2, 0.25) is 0 Å². The third kappa shape index (κ3) is 6.59. The molecule has 0 spiro atoms. The molecule has 3 heteroatoms. The summed E-state index contributed by atoms with van der Waals surface area (Å²) in [6, 6.07) is 16.2. The summed E-state index contributed by atoms with van der Waals surface area (Å²) >= 11 is 0. The molecule has 0 saturated heterocycles. The summed E-state index contributed by atoms with van der Waals surface area (Å²) in [5.41, 5.74) is 4.41. The predicted molar refractivity (Wildman–Crippen MR) is 111 cm³/mol. The van der Waals surface area contributed by atoms with Crippen LogP contribution >= 0.6 is 0 Å². The Kier molecular flexibility index (Phi) is 6.84. The lowest BCUT2D eigenvalue weighted by Crippen LogP contribution is -2.25. The van der Waals surface area contributed by atoms with Gasteiger partial charge < -0.3 is 9.47 Å². The fourth-order valence-electron chi connectivity index (χ4n) is 2.79. The molecule has 0 saturated carbocycles. The highest BCUT2D eigenvalue weighted by atomic mass is 16.7. The maximum absolute atomic E-state index is 11.8. The van der Waals surface area contributed by atoms with Crippen LogP contribution in [0.1, 0.15) is 63.6 Å². The van der Waals surface area contributed by atoms with E-state index in [1.807, 2.05) is 32.9 Å². The first kappa shape index (κ1) is 20.8. The largest absolute Gasteiger partial charge is 0.514 e. The second kappa shape index (κ2) is 8.90. The van der Waals surface area contributed by atoms with Gasteiger partial charge in [0, 0.05) is 0 Å². The number of ether oxygens (including phenoxy) is 2. The van der Waals surface area contributed by atoms with Gasteiger partial charge in [0.05, 0.1) is 0 Å².